The van der Waals surface area contributed by atoms with Crippen molar-refractivity contribution in [3.05, 3.63) is 35.4 Å². The van der Waals surface area contributed by atoms with Gasteiger partial charge < -0.3 is 20.1 Å². The smallest absolute Gasteiger partial charge is 0.317 e. The van der Waals surface area contributed by atoms with Crippen molar-refractivity contribution in [3.8, 4) is 0 Å². The third kappa shape index (κ3) is 12.4. The van der Waals surface area contributed by atoms with E-state index in [0.717, 1.165) is 11.1 Å². The first-order chi connectivity index (χ1) is 17.7. The molecule has 14 heteroatoms. The minimum absolute atomic E-state index is 0.0103. The normalized spacial score (nSPS) is 15.9. The molecule has 2 atom stereocenters. The van der Waals surface area contributed by atoms with E-state index >= 15 is 0 Å². The van der Waals surface area contributed by atoms with Crippen molar-refractivity contribution in [2.75, 3.05) is 73.4 Å². The lowest BCUT2D eigenvalue weighted by Crippen LogP contribution is -2.47. The topological polar surface area (TPSA) is 171 Å². The van der Waals surface area contributed by atoms with Crippen molar-refractivity contribution in [1.29, 1.82) is 0 Å². The molecule has 208 valence electrons. The van der Waals surface area contributed by atoms with Crippen LogP contribution in [0.3, 0.4) is 0 Å². The Bertz CT molecular complexity index is 835. The van der Waals surface area contributed by atoms with Gasteiger partial charge in [0.15, 0.2) is 6.23 Å². The first kappa shape index (κ1) is 30.5. The third-order valence-corrected chi connectivity index (χ3v) is 5.56. The number of benzene rings is 1. The van der Waals surface area contributed by atoms with Gasteiger partial charge in [-0.05, 0) is 11.1 Å². The Morgan fingerprint density at radius 2 is 1.43 bits per heavy atom. The lowest BCUT2D eigenvalue weighted by atomic mass is 10.1. The van der Waals surface area contributed by atoms with E-state index in [0.29, 0.717) is 13.0 Å². The number of ether oxygens (including phenoxy) is 1. The summed E-state index contributed by atoms with van der Waals surface area (Å²) in [6.45, 7) is 0.116. The predicted molar refractivity (Wildman–Crippen MR) is 126 cm³/mol. The molecule has 0 bridgehead atoms. The van der Waals surface area contributed by atoms with Crippen LogP contribution in [0.4, 0.5) is 0 Å². The lowest BCUT2D eigenvalue weighted by Gasteiger charge is -2.32. The van der Waals surface area contributed by atoms with Gasteiger partial charge in [-0.25, -0.2) is 24.5 Å². The molecule has 3 N–H and O–H groups in total. The summed E-state index contributed by atoms with van der Waals surface area (Å²) >= 11 is 0. The number of hydrogen-bond acceptors (Lipinski definition) is 11. The van der Waals surface area contributed by atoms with Crippen LogP contribution in [0.5, 0.6) is 0 Å². The second kappa shape index (κ2) is 16.2. The highest BCUT2D eigenvalue weighted by molar-refractivity contribution is 5.72. The summed E-state index contributed by atoms with van der Waals surface area (Å²) in [6.07, 6.45) is -0.0319. The monoisotopic (exact) mass is 529 g/mol. The number of carboxylic acids is 3. The maximum Gasteiger partial charge on any atom is 0.317 e. The van der Waals surface area contributed by atoms with Crippen LogP contribution in [0.25, 0.3) is 0 Å². The van der Waals surface area contributed by atoms with Crippen molar-refractivity contribution in [2.24, 2.45) is 0 Å². The lowest BCUT2D eigenvalue weighted by molar-refractivity contribution is -0.362. The molecule has 0 spiro atoms. The van der Waals surface area contributed by atoms with Crippen LogP contribution < -0.4 is 0 Å². The number of hydrogen-bond donors (Lipinski definition) is 3. The van der Waals surface area contributed by atoms with Gasteiger partial charge >= 0.3 is 17.9 Å². The fraction of sp³-hybridized carbons (Fsp3) is 0.609. The number of aliphatic carboxylic acids is 3. The molecule has 1 saturated heterocycles. The van der Waals surface area contributed by atoms with E-state index in [2.05, 4.69) is 0 Å². The van der Waals surface area contributed by atoms with Gasteiger partial charge in [-0.15, -0.1) is 0 Å². The van der Waals surface area contributed by atoms with Gasteiger partial charge in [-0.2, -0.15) is 0 Å². The van der Waals surface area contributed by atoms with Gasteiger partial charge in [0.25, 0.3) is 0 Å². The molecule has 14 nitrogen and oxygen atoms in total. The van der Waals surface area contributed by atoms with Crippen molar-refractivity contribution >= 4 is 17.9 Å². The maximum atomic E-state index is 11.4. The van der Waals surface area contributed by atoms with Crippen molar-refractivity contribution in [3.63, 3.8) is 0 Å². The summed E-state index contributed by atoms with van der Waals surface area (Å²) in [7, 11) is 2.74. The molecule has 1 fully saturated rings. The first-order valence-corrected chi connectivity index (χ1v) is 11.6. The number of rotatable bonds is 21. The fourth-order valence-corrected chi connectivity index (χ4v) is 3.67. The Morgan fingerprint density at radius 1 is 0.892 bits per heavy atom. The summed E-state index contributed by atoms with van der Waals surface area (Å²) in [4.78, 5) is 58.4. The predicted octanol–water partition coefficient (Wildman–Crippen LogP) is -0.100. The molecule has 2 rings (SSSR count). The maximum absolute atomic E-state index is 11.4. The molecule has 1 aliphatic heterocycles. The summed E-state index contributed by atoms with van der Waals surface area (Å²) in [5, 5.41) is 27.4. The molecule has 1 aliphatic rings. The molecular weight excluding hydrogens is 494 g/mol. The first-order valence-electron chi connectivity index (χ1n) is 11.6. The number of nitrogens with zero attached hydrogens (tertiary/aromatic N) is 3. The van der Waals surface area contributed by atoms with Gasteiger partial charge in [-0.3, -0.25) is 24.2 Å². The van der Waals surface area contributed by atoms with E-state index in [9.17, 15) is 19.5 Å². The van der Waals surface area contributed by atoms with Crippen molar-refractivity contribution < 1.29 is 54.0 Å². The van der Waals surface area contributed by atoms with Crippen LogP contribution in [0.15, 0.2) is 24.3 Å². The molecule has 0 aliphatic carbocycles. The van der Waals surface area contributed by atoms with E-state index < -0.39 is 37.2 Å². The Hall–Kier alpha value is -2.69. The minimum atomic E-state index is -1.17. The van der Waals surface area contributed by atoms with Crippen LogP contribution in [0.2, 0.25) is 0 Å². The van der Waals surface area contributed by atoms with Crippen LogP contribution in [-0.4, -0.2) is 128 Å². The van der Waals surface area contributed by atoms with E-state index in [-0.39, 0.29) is 45.6 Å². The van der Waals surface area contributed by atoms with Crippen LogP contribution >= 0.6 is 0 Å². The van der Waals surface area contributed by atoms with Gasteiger partial charge in [0, 0.05) is 32.6 Å². The molecule has 0 radical (unpaired) electrons. The SMILES string of the molecule is COOCN(CCN(CCN(CC(=O)O)CC(=O)O)CC(=O)O)C(Cc1ccc(C2CO2)cc1)OOC. The van der Waals surface area contributed by atoms with Crippen LogP contribution in [-0.2, 0) is 45.1 Å². The molecule has 2 unspecified atom stereocenters. The van der Waals surface area contributed by atoms with Gasteiger partial charge in [0.2, 0.25) is 0 Å². The van der Waals surface area contributed by atoms with E-state index in [1.807, 2.05) is 24.3 Å². The van der Waals surface area contributed by atoms with Crippen molar-refractivity contribution in [2.45, 2.75) is 18.8 Å². The Kier molecular flexibility index (Phi) is 13.4. The molecule has 0 aromatic heterocycles. The summed E-state index contributed by atoms with van der Waals surface area (Å²) in [5.41, 5.74) is 2.06. The highest BCUT2D eigenvalue weighted by atomic mass is 17.2. The second-order valence-electron chi connectivity index (χ2n) is 8.38. The largest absolute Gasteiger partial charge is 0.480 e. The molecule has 0 amide bonds. The molecule has 1 aromatic carbocycles. The molecule has 1 aromatic rings. The highest BCUT2D eigenvalue weighted by Gasteiger charge is 2.26. The average Bonchev–Trinajstić information content (AvgIpc) is 3.67. The minimum Gasteiger partial charge on any atom is -0.480 e. The van der Waals surface area contributed by atoms with Crippen LogP contribution in [0.1, 0.15) is 17.2 Å². The number of carbonyl (C=O) groups is 3. The summed E-state index contributed by atoms with van der Waals surface area (Å²) < 4.78 is 5.30. The van der Waals surface area contributed by atoms with Crippen LogP contribution in [0, 0.1) is 0 Å². The Morgan fingerprint density at radius 3 is 1.95 bits per heavy atom. The molecule has 37 heavy (non-hydrogen) atoms. The Balaban J connectivity index is 2.05. The van der Waals surface area contributed by atoms with Gasteiger partial charge in [0.05, 0.1) is 40.5 Å². The zero-order valence-electron chi connectivity index (χ0n) is 21.0. The van der Waals surface area contributed by atoms with Crippen molar-refractivity contribution in [1.82, 2.24) is 14.7 Å². The fourth-order valence-electron chi connectivity index (χ4n) is 3.67. The van der Waals surface area contributed by atoms with E-state index in [4.69, 9.17) is 34.5 Å². The number of carboxylic acid groups (broad SMARTS) is 3. The average molecular weight is 530 g/mol. The van der Waals surface area contributed by atoms with Gasteiger partial charge in [-0.1, -0.05) is 24.3 Å². The standard InChI is InChI=1S/C23H35N3O11/c1-33-36-16-26(20(37-34-2)11-17-3-5-18(6-4-17)19-15-35-19)10-9-24(12-21(27)28)7-8-25(13-22(29)30)14-23(31)32/h3-6,19-20H,7-16H2,1-2H3,(H,27,28)(H,29,30)(H,31,32). The Labute approximate surface area is 214 Å². The molecule has 1 heterocycles. The third-order valence-electron chi connectivity index (χ3n) is 5.56. The van der Waals surface area contributed by atoms with E-state index in [1.54, 1.807) is 9.80 Å². The quantitative estimate of drug-likeness (QED) is 0.0834. The van der Waals surface area contributed by atoms with Gasteiger partial charge in [0.1, 0.15) is 12.8 Å². The highest BCUT2D eigenvalue weighted by Crippen LogP contribution is 2.29. The summed E-state index contributed by atoms with van der Waals surface area (Å²) in [5.74, 6) is -3.43. The molecule has 0 saturated carbocycles. The molecular formula is C23H35N3O11. The summed E-state index contributed by atoms with van der Waals surface area (Å²) in [6, 6.07) is 7.91. The zero-order chi connectivity index (χ0) is 27.2. The number of epoxide rings is 1. The zero-order valence-corrected chi connectivity index (χ0v) is 21.0. The van der Waals surface area contributed by atoms with E-state index in [1.165, 1.54) is 19.1 Å². The second-order valence-corrected chi connectivity index (χ2v) is 8.38.